The number of carboxylic acid groups (broad SMARTS) is 1. The van der Waals surface area contributed by atoms with Crippen molar-refractivity contribution < 1.29 is 30.0 Å². The van der Waals surface area contributed by atoms with Crippen LogP contribution in [0.3, 0.4) is 0 Å². The molecule has 0 amide bonds. The Bertz CT molecular complexity index is 177. The molecule has 4 N–H and O–H groups in total. The summed E-state index contributed by atoms with van der Waals surface area (Å²) in [7, 11) is 0. The maximum Gasteiger partial charge on any atom is 0.310 e. The number of aliphatic hydroxyl groups is 3. The highest BCUT2D eigenvalue weighted by atomic mass is 16.4. The van der Waals surface area contributed by atoms with E-state index < -0.39 is 37.0 Å². The number of hydrogen-bond acceptors (Lipinski definition) is 5. The van der Waals surface area contributed by atoms with Crippen molar-refractivity contribution in [1.29, 1.82) is 0 Å². The van der Waals surface area contributed by atoms with Gasteiger partial charge in [0, 0.05) is 0 Å². The van der Waals surface area contributed by atoms with Gasteiger partial charge in [-0.2, -0.15) is 0 Å². The van der Waals surface area contributed by atoms with Gasteiger partial charge in [-0.25, -0.2) is 0 Å². The molecule has 0 aliphatic heterocycles. The molecule has 0 aromatic carbocycles. The maximum atomic E-state index is 10.7. The van der Waals surface area contributed by atoms with Crippen molar-refractivity contribution in [3.05, 3.63) is 0 Å². The first-order chi connectivity index (χ1) is 5.49. The van der Waals surface area contributed by atoms with Crippen LogP contribution < -0.4 is 0 Å². The molecule has 0 rings (SSSR count). The van der Waals surface area contributed by atoms with E-state index in [4.69, 9.17) is 20.4 Å². The average molecular weight is 178 g/mol. The summed E-state index contributed by atoms with van der Waals surface area (Å²) in [5.74, 6) is -2.41. The lowest BCUT2D eigenvalue weighted by molar-refractivity contribution is -0.145. The molecule has 1 unspecified atom stereocenters. The van der Waals surface area contributed by atoms with Crippen molar-refractivity contribution in [3.8, 4) is 0 Å². The summed E-state index contributed by atoms with van der Waals surface area (Å²) < 4.78 is 0. The number of hydrogen-bond donors (Lipinski definition) is 4. The van der Waals surface area contributed by atoms with E-state index >= 15 is 0 Å². The van der Waals surface area contributed by atoms with Gasteiger partial charge in [0.1, 0.15) is 18.6 Å². The lowest BCUT2D eigenvalue weighted by Crippen LogP contribution is -2.37. The fraction of sp³-hybridized carbons (Fsp3) is 0.667. The van der Waals surface area contributed by atoms with Crippen LogP contribution in [0, 0.1) is 0 Å². The highest BCUT2D eigenvalue weighted by Gasteiger charge is 2.24. The normalized spacial score (nSPS) is 15.2. The molecule has 0 saturated carbocycles. The monoisotopic (exact) mass is 178 g/mol. The van der Waals surface area contributed by atoms with Crippen LogP contribution in [0.5, 0.6) is 0 Å². The standard InChI is InChI=1S/C6H10O6/c7-2-4(9)6(12)3(8)1-5(10)11/h4,6-7,9,12H,1-2H2,(H,10,11)/t4?,6-/m0/s1. The van der Waals surface area contributed by atoms with Crippen LogP contribution in [0.15, 0.2) is 0 Å². The minimum atomic E-state index is -1.83. The number of aliphatic hydroxyl groups excluding tert-OH is 3. The molecular formula is C6H10O6. The van der Waals surface area contributed by atoms with Crippen molar-refractivity contribution >= 4 is 11.8 Å². The van der Waals surface area contributed by atoms with Crippen LogP contribution in [0.4, 0.5) is 0 Å². The molecule has 0 saturated heterocycles. The molecule has 0 fully saturated rings. The molecule has 0 aromatic heterocycles. The Morgan fingerprint density at radius 2 is 1.75 bits per heavy atom. The molecule has 0 spiro atoms. The predicted octanol–water partition coefficient (Wildman–Crippen LogP) is -2.26. The van der Waals surface area contributed by atoms with Crippen LogP contribution in [0.25, 0.3) is 0 Å². The van der Waals surface area contributed by atoms with Gasteiger partial charge in [0.2, 0.25) is 0 Å². The molecule has 12 heavy (non-hydrogen) atoms. The van der Waals surface area contributed by atoms with Gasteiger partial charge in [0.05, 0.1) is 6.61 Å². The van der Waals surface area contributed by atoms with Gasteiger partial charge in [0.25, 0.3) is 0 Å². The zero-order chi connectivity index (χ0) is 9.72. The lowest BCUT2D eigenvalue weighted by Gasteiger charge is -2.12. The Kier molecular flexibility index (Phi) is 4.42. The lowest BCUT2D eigenvalue weighted by atomic mass is 10.1. The van der Waals surface area contributed by atoms with E-state index in [1.165, 1.54) is 0 Å². The first-order valence-electron chi connectivity index (χ1n) is 3.20. The summed E-state index contributed by atoms with van der Waals surface area (Å²) >= 11 is 0. The van der Waals surface area contributed by atoms with Gasteiger partial charge in [-0.1, -0.05) is 0 Å². The van der Waals surface area contributed by atoms with Crippen LogP contribution in [-0.4, -0.2) is 51.0 Å². The number of carbonyl (C=O) groups excluding carboxylic acids is 1. The second kappa shape index (κ2) is 4.81. The van der Waals surface area contributed by atoms with Crippen LogP contribution in [-0.2, 0) is 9.59 Å². The van der Waals surface area contributed by atoms with Crippen molar-refractivity contribution in [2.45, 2.75) is 18.6 Å². The number of aliphatic carboxylic acids is 1. The number of ketones is 1. The molecule has 70 valence electrons. The zero-order valence-corrected chi connectivity index (χ0v) is 6.17. The second-order valence-corrected chi connectivity index (χ2v) is 2.23. The Labute approximate surface area is 68.1 Å². The Morgan fingerprint density at radius 3 is 2.08 bits per heavy atom. The van der Waals surface area contributed by atoms with E-state index in [2.05, 4.69) is 0 Å². The maximum absolute atomic E-state index is 10.7. The number of carboxylic acids is 1. The van der Waals surface area contributed by atoms with Gasteiger partial charge < -0.3 is 20.4 Å². The summed E-state index contributed by atoms with van der Waals surface area (Å²) in [6.07, 6.45) is -4.30. The first kappa shape index (κ1) is 11.0. The first-order valence-corrected chi connectivity index (χ1v) is 3.20. The fourth-order valence-electron chi connectivity index (χ4n) is 0.568. The van der Waals surface area contributed by atoms with Crippen LogP contribution in [0.2, 0.25) is 0 Å². The second-order valence-electron chi connectivity index (χ2n) is 2.23. The van der Waals surface area contributed by atoms with Crippen molar-refractivity contribution in [2.24, 2.45) is 0 Å². The van der Waals surface area contributed by atoms with E-state index in [9.17, 15) is 9.59 Å². The smallest absolute Gasteiger partial charge is 0.310 e. The third kappa shape index (κ3) is 3.42. The quantitative estimate of drug-likeness (QED) is 0.353. The number of rotatable bonds is 5. The van der Waals surface area contributed by atoms with E-state index in [0.717, 1.165) is 0 Å². The summed E-state index contributed by atoms with van der Waals surface area (Å²) in [5, 5.41) is 33.9. The van der Waals surface area contributed by atoms with Gasteiger partial charge in [-0.3, -0.25) is 9.59 Å². The van der Waals surface area contributed by atoms with E-state index in [1.54, 1.807) is 0 Å². The molecule has 0 aromatic rings. The van der Waals surface area contributed by atoms with Crippen molar-refractivity contribution in [2.75, 3.05) is 6.61 Å². The van der Waals surface area contributed by atoms with E-state index in [0.29, 0.717) is 0 Å². The molecule has 6 heteroatoms. The minimum Gasteiger partial charge on any atom is -0.481 e. The number of Topliss-reactive ketones (excluding diaryl/α,β-unsaturated/α-hetero) is 1. The van der Waals surface area contributed by atoms with Crippen molar-refractivity contribution in [1.82, 2.24) is 0 Å². The predicted molar refractivity (Wildman–Crippen MR) is 36.4 cm³/mol. The topological polar surface area (TPSA) is 115 Å². The average Bonchev–Trinajstić information content (AvgIpc) is 2.00. The van der Waals surface area contributed by atoms with Crippen LogP contribution >= 0.6 is 0 Å². The number of carbonyl (C=O) groups is 2. The van der Waals surface area contributed by atoms with E-state index in [-0.39, 0.29) is 0 Å². The van der Waals surface area contributed by atoms with Crippen LogP contribution in [0.1, 0.15) is 6.42 Å². The Balaban J connectivity index is 4.01. The summed E-state index contributed by atoms with van der Waals surface area (Å²) in [4.78, 5) is 20.6. The molecule has 0 aliphatic rings. The fourth-order valence-corrected chi connectivity index (χ4v) is 0.568. The molecule has 0 heterocycles. The largest absolute Gasteiger partial charge is 0.481 e. The summed E-state index contributed by atoms with van der Waals surface area (Å²) in [6, 6.07) is 0. The minimum absolute atomic E-state index is 0.785. The Morgan fingerprint density at radius 1 is 1.25 bits per heavy atom. The highest BCUT2D eigenvalue weighted by molar-refractivity contribution is 5.97. The third-order valence-corrected chi connectivity index (χ3v) is 1.21. The SMILES string of the molecule is O=C(O)CC(=O)[C@H](O)C(O)CO. The van der Waals surface area contributed by atoms with E-state index in [1.807, 2.05) is 0 Å². The van der Waals surface area contributed by atoms with Gasteiger partial charge in [-0.15, -0.1) is 0 Å². The molecule has 0 aliphatic carbocycles. The molecular weight excluding hydrogens is 168 g/mol. The highest BCUT2D eigenvalue weighted by Crippen LogP contribution is 1.97. The molecule has 0 bridgehead atoms. The van der Waals surface area contributed by atoms with Gasteiger partial charge in [0.15, 0.2) is 5.78 Å². The zero-order valence-electron chi connectivity index (χ0n) is 6.17. The Hall–Kier alpha value is -0.980. The summed E-state index contributed by atoms with van der Waals surface area (Å²) in [6.45, 7) is -0.785. The summed E-state index contributed by atoms with van der Waals surface area (Å²) in [5.41, 5.74) is 0. The van der Waals surface area contributed by atoms with Gasteiger partial charge in [-0.05, 0) is 0 Å². The third-order valence-electron chi connectivity index (χ3n) is 1.21. The molecule has 0 radical (unpaired) electrons. The molecule has 2 atom stereocenters. The van der Waals surface area contributed by atoms with Crippen molar-refractivity contribution in [3.63, 3.8) is 0 Å². The molecule has 6 nitrogen and oxygen atoms in total. The van der Waals surface area contributed by atoms with Gasteiger partial charge >= 0.3 is 5.97 Å².